The van der Waals surface area contributed by atoms with Gasteiger partial charge in [0.1, 0.15) is 0 Å². The van der Waals surface area contributed by atoms with Crippen molar-refractivity contribution in [2.75, 3.05) is 24.5 Å². The van der Waals surface area contributed by atoms with Gasteiger partial charge >= 0.3 is 0 Å². The summed E-state index contributed by atoms with van der Waals surface area (Å²) in [7, 11) is 1.69. The van der Waals surface area contributed by atoms with E-state index in [0.29, 0.717) is 11.6 Å². The maximum atomic E-state index is 13.9. The van der Waals surface area contributed by atoms with Gasteiger partial charge in [-0.15, -0.1) is 0 Å². The van der Waals surface area contributed by atoms with E-state index in [1.165, 1.54) is 22.9 Å². The molecule has 6 nitrogen and oxygen atoms in total. The number of hydrogen-bond donors (Lipinski definition) is 1. The summed E-state index contributed by atoms with van der Waals surface area (Å²) >= 11 is 0. The summed E-state index contributed by atoms with van der Waals surface area (Å²) in [6.45, 7) is 4.47. The third-order valence-electron chi connectivity index (χ3n) is 3.92. The second-order valence-electron chi connectivity index (χ2n) is 5.44. The zero-order valence-electron chi connectivity index (χ0n) is 12.6. The standard InChI is InChI=1S/C15H18FN5O/c1-10-8-18-5-6-21(10)15-19-13(7-14(22)20(15)2)11-3-4-17-9-12(11)16/h3-4,7,9-10,18H,5-6,8H2,1-2H3. The molecule has 1 N–H and O–H groups in total. The normalized spacial score (nSPS) is 18.5. The van der Waals surface area contributed by atoms with Crippen molar-refractivity contribution in [1.82, 2.24) is 19.9 Å². The molecule has 0 saturated carbocycles. The molecule has 1 fully saturated rings. The fourth-order valence-electron chi connectivity index (χ4n) is 2.64. The molecule has 0 bridgehead atoms. The minimum atomic E-state index is -0.484. The van der Waals surface area contributed by atoms with E-state index in [0.717, 1.165) is 25.8 Å². The minimum Gasteiger partial charge on any atom is -0.337 e. The molecule has 0 aliphatic carbocycles. The van der Waals surface area contributed by atoms with Crippen LogP contribution >= 0.6 is 0 Å². The topological polar surface area (TPSA) is 63.0 Å². The Bertz CT molecular complexity index is 745. The molecular weight excluding hydrogens is 285 g/mol. The first-order valence-electron chi connectivity index (χ1n) is 7.23. The molecular formula is C15H18FN5O. The Morgan fingerprint density at radius 1 is 1.45 bits per heavy atom. The second kappa shape index (κ2) is 5.84. The smallest absolute Gasteiger partial charge is 0.255 e. The van der Waals surface area contributed by atoms with Crippen molar-refractivity contribution in [3.05, 3.63) is 40.7 Å². The Balaban J connectivity index is 2.11. The molecule has 1 aliphatic heterocycles. The van der Waals surface area contributed by atoms with Crippen LogP contribution in [0.1, 0.15) is 6.92 Å². The van der Waals surface area contributed by atoms with Gasteiger partial charge in [0.25, 0.3) is 5.56 Å². The highest BCUT2D eigenvalue weighted by molar-refractivity contribution is 5.60. The van der Waals surface area contributed by atoms with E-state index in [9.17, 15) is 9.18 Å². The monoisotopic (exact) mass is 303 g/mol. The van der Waals surface area contributed by atoms with Crippen molar-refractivity contribution in [2.45, 2.75) is 13.0 Å². The van der Waals surface area contributed by atoms with Crippen LogP contribution in [0, 0.1) is 5.82 Å². The van der Waals surface area contributed by atoms with E-state index in [-0.39, 0.29) is 17.2 Å². The summed E-state index contributed by atoms with van der Waals surface area (Å²) in [5, 5.41) is 3.30. The Kier molecular flexibility index (Phi) is 3.89. The lowest BCUT2D eigenvalue weighted by atomic mass is 10.2. The quantitative estimate of drug-likeness (QED) is 0.888. The van der Waals surface area contributed by atoms with Crippen LogP contribution in [0.4, 0.5) is 10.3 Å². The molecule has 0 spiro atoms. The van der Waals surface area contributed by atoms with Crippen molar-refractivity contribution in [2.24, 2.45) is 7.05 Å². The van der Waals surface area contributed by atoms with Crippen LogP contribution < -0.4 is 15.8 Å². The SMILES string of the molecule is CC1CNCCN1c1nc(-c2ccncc2F)cc(=O)n1C. The van der Waals surface area contributed by atoms with E-state index in [1.54, 1.807) is 7.05 Å². The first-order chi connectivity index (χ1) is 10.6. The molecule has 1 atom stereocenters. The van der Waals surface area contributed by atoms with Gasteiger partial charge in [0.05, 0.1) is 11.9 Å². The molecule has 1 unspecified atom stereocenters. The van der Waals surface area contributed by atoms with Crippen molar-refractivity contribution in [1.29, 1.82) is 0 Å². The number of pyridine rings is 1. The molecule has 0 aromatic carbocycles. The molecule has 3 rings (SSSR count). The van der Waals surface area contributed by atoms with Crippen LogP contribution in [0.25, 0.3) is 11.3 Å². The summed E-state index contributed by atoms with van der Waals surface area (Å²) in [4.78, 5) is 22.6. The summed E-state index contributed by atoms with van der Waals surface area (Å²) in [5.41, 5.74) is 0.419. The van der Waals surface area contributed by atoms with Crippen molar-refractivity contribution >= 4 is 5.95 Å². The zero-order chi connectivity index (χ0) is 15.7. The largest absolute Gasteiger partial charge is 0.337 e. The highest BCUT2D eigenvalue weighted by Gasteiger charge is 2.23. The number of halogens is 1. The van der Waals surface area contributed by atoms with Crippen molar-refractivity contribution in [3.63, 3.8) is 0 Å². The van der Waals surface area contributed by atoms with Gasteiger partial charge in [0.2, 0.25) is 5.95 Å². The molecule has 0 amide bonds. The van der Waals surface area contributed by atoms with Gasteiger partial charge < -0.3 is 10.2 Å². The first kappa shape index (κ1) is 14.6. The van der Waals surface area contributed by atoms with Gasteiger partial charge in [-0.1, -0.05) is 0 Å². The highest BCUT2D eigenvalue weighted by Crippen LogP contribution is 2.22. The third kappa shape index (κ3) is 2.59. The fraction of sp³-hybridized carbons (Fsp3) is 0.400. The predicted octanol–water partition coefficient (Wildman–Crippen LogP) is 0.779. The Morgan fingerprint density at radius 2 is 2.27 bits per heavy atom. The van der Waals surface area contributed by atoms with Gasteiger partial charge in [-0.2, -0.15) is 0 Å². The maximum Gasteiger partial charge on any atom is 0.255 e. The maximum absolute atomic E-state index is 13.9. The zero-order valence-corrected chi connectivity index (χ0v) is 12.6. The first-order valence-corrected chi connectivity index (χ1v) is 7.23. The van der Waals surface area contributed by atoms with E-state index in [2.05, 4.69) is 27.1 Å². The Labute approximate surface area is 127 Å². The Morgan fingerprint density at radius 3 is 3.00 bits per heavy atom. The van der Waals surface area contributed by atoms with E-state index in [1.807, 2.05) is 0 Å². The second-order valence-corrected chi connectivity index (χ2v) is 5.44. The molecule has 1 saturated heterocycles. The van der Waals surface area contributed by atoms with Crippen molar-refractivity contribution < 1.29 is 4.39 Å². The predicted molar refractivity (Wildman–Crippen MR) is 82.3 cm³/mol. The fourth-order valence-corrected chi connectivity index (χ4v) is 2.64. The molecule has 22 heavy (non-hydrogen) atoms. The average Bonchev–Trinajstić information content (AvgIpc) is 2.51. The number of hydrogen-bond acceptors (Lipinski definition) is 5. The van der Waals surface area contributed by atoms with Gasteiger partial charge in [0, 0.05) is 50.6 Å². The van der Waals surface area contributed by atoms with E-state index >= 15 is 0 Å². The minimum absolute atomic E-state index is 0.207. The van der Waals surface area contributed by atoms with Gasteiger partial charge in [-0.3, -0.25) is 14.3 Å². The van der Waals surface area contributed by atoms with Crippen LogP contribution in [0.2, 0.25) is 0 Å². The number of piperazine rings is 1. The molecule has 0 radical (unpaired) electrons. The molecule has 3 heterocycles. The Hall–Kier alpha value is -2.28. The lowest BCUT2D eigenvalue weighted by molar-refractivity contribution is 0.485. The molecule has 2 aromatic rings. The number of anilines is 1. The number of rotatable bonds is 2. The van der Waals surface area contributed by atoms with Gasteiger partial charge in [-0.25, -0.2) is 9.37 Å². The number of aromatic nitrogens is 3. The van der Waals surface area contributed by atoms with Crippen LogP contribution in [0.3, 0.4) is 0 Å². The highest BCUT2D eigenvalue weighted by atomic mass is 19.1. The lowest BCUT2D eigenvalue weighted by Gasteiger charge is -2.35. The summed E-state index contributed by atoms with van der Waals surface area (Å²) in [5.74, 6) is 0.0790. The summed E-state index contributed by atoms with van der Waals surface area (Å²) in [6, 6.07) is 3.10. The lowest BCUT2D eigenvalue weighted by Crippen LogP contribution is -2.51. The van der Waals surface area contributed by atoms with Gasteiger partial charge in [-0.05, 0) is 13.0 Å². The van der Waals surface area contributed by atoms with Crippen LogP contribution in [0.5, 0.6) is 0 Å². The number of nitrogens with zero attached hydrogens (tertiary/aromatic N) is 4. The number of nitrogens with one attached hydrogen (secondary N) is 1. The average molecular weight is 303 g/mol. The van der Waals surface area contributed by atoms with Crippen LogP contribution in [-0.2, 0) is 7.05 Å². The van der Waals surface area contributed by atoms with Crippen LogP contribution in [0.15, 0.2) is 29.3 Å². The molecule has 116 valence electrons. The summed E-state index contributed by atoms with van der Waals surface area (Å²) < 4.78 is 15.4. The van der Waals surface area contributed by atoms with E-state index < -0.39 is 5.82 Å². The third-order valence-corrected chi connectivity index (χ3v) is 3.92. The molecule has 1 aliphatic rings. The van der Waals surface area contributed by atoms with Crippen LogP contribution in [-0.4, -0.2) is 40.2 Å². The van der Waals surface area contributed by atoms with Gasteiger partial charge in [0.15, 0.2) is 5.82 Å². The van der Waals surface area contributed by atoms with Crippen molar-refractivity contribution in [3.8, 4) is 11.3 Å². The molecule has 2 aromatic heterocycles. The molecule has 7 heteroatoms. The summed E-state index contributed by atoms with van der Waals surface area (Å²) in [6.07, 6.45) is 2.62. The van der Waals surface area contributed by atoms with E-state index in [4.69, 9.17) is 0 Å².